The molecule has 0 aliphatic heterocycles. The molecule has 100 valence electrons. The van der Waals surface area contributed by atoms with Crippen LogP contribution in [0.2, 0.25) is 0 Å². The minimum Gasteiger partial charge on any atom is -0.383 e. The molecule has 1 N–H and O–H groups in total. The molecule has 0 saturated heterocycles. The fourth-order valence-electron chi connectivity index (χ4n) is 1.68. The maximum atomic E-state index is 12.3. The van der Waals surface area contributed by atoms with Crippen molar-refractivity contribution in [1.29, 1.82) is 0 Å². The van der Waals surface area contributed by atoms with Gasteiger partial charge in [0.25, 0.3) is 5.91 Å². The molecule has 1 aromatic rings. The van der Waals surface area contributed by atoms with E-state index in [4.69, 9.17) is 4.74 Å². The van der Waals surface area contributed by atoms with Crippen LogP contribution in [-0.2, 0) is 4.74 Å². The van der Waals surface area contributed by atoms with Gasteiger partial charge in [0.2, 0.25) is 0 Å². The number of hydrogen-bond donors (Lipinski definition) is 1. The quantitative estimate of drug-likeness (QED) is 0.856. The molecule has 0 saturated carbocycles. The van der Waals surface area contributed by atoms with E-state index in [9.17, 15) is 9.59 Å². The van der Waals surface area contributed by atoms with Gasteiger partial charge < -0.3 is 14.6 Å². The van der Waals surface area contributed by atoms with Crippen molar-refractivity contribution in [3.63, 3.8) is 0 Å². The standard InChI is InChI=1S/C13H20N2O3/c1-9(2)15(5-6-18-4)13(17)11-8-14-10(3)7-12(11)16/h7-9H,5-6H2,1-4H3,(H,14,16). The van der Waals surface area contributed by atoms with Crippen LogP contribution in [0.1, 0.15) is 29.9 Å². The number of aromatic nitrogens is 1. The van der Waals surface area contributed by atoms with E-state index >= 15 is 0 Å². The number of nitrogens with zero attached hydrogens (tertiary/aromatic N) is 1. The van der Waals surface area contributed by atoms with Crippen molar-refractivity contribution in [3.8, 4) is 0 Å². The number of hydrogen-bond acceptors (Lipinski definition) is 3. The second-order valence-electron chi connectivity index (χ2n) is 4.48. The van der Waals surface area contributed by atoms with E-state index < -0.39 is 0 Å². The van der Waals surface area contributed by atoms with Crippen LogP contribution in [0, 0.1) is 6.92 Å². The summed E-state index contributed by atoms with van der Waals surface area (Å²) in [7, 11) is 1.58. The molecule has 0 bridgehead atoms. The van der Waals surface area contributed by atoms with E-state index in [1.165, 1.54) is 12.3 Å². The summed E-state index contributed by atoms with van der Waals surface area (Å²) < 4.78 is 4.98. The van der Waals surface area contributed by atoms with Gasteiger partial charge in [0, 0.05) is 37.7 Å². The molecule has 0 fully saturated rings. The first-order chi connectivity index (χ1) is 8.47. The van der Waals surface area contributed by atoms with E-state index in [0.717, 1.165) is 5.69 Å². The monoisotopic (exact) mass is 252 g/mol. The zero-order valence-electron chi connectivity index (χ0n) is 11.3. The Morgan fingerprint density at radius 3 is 2.67 bits per heavy atom. The van der Waals surface area contributed by atoms with Gasteiger partial charge in [0.05, 0.1) is 6.61 Å². The van der Waals surface area contributed by atoms with E-state index in [-0.39, 0.29) is 22.9 Å². The smallest absolute Gasteiger partial charge is 0.259 e. The van der Waals surface area contributed by atoms with Gasteiger partial charge in [-0.25, -0.2) is 0 Å². The number of amides is 1. The van der Waals surface area contributed by atoms with Crippen molar-refractivity contribution in [2.45, 2.75) is 26.8 Å². The van der Waals surface area contributed by atoms with Crippen molar-refractivity contribution in [3.05, 3.63) is 33.7 Å². The average Bonchev–Trinajstić information content (AvgIpc) is 2.28. The van der Waals surface area contributed by atoms with Crippen LogP contribution in [0.25, 0.3) is 0 Å². The van der Waals surface area contributed by atoms with Crippen LogP contribution in [0.4, 0.5) is 0 Å². The molecule has 0 radical (unpaired) electrons. The Bertz CT molecular complexity index is 466. The number of aromatic amines is 1. The highest BCUT2D eigenvalue weighted by atomic mass is 16.5. The number of carbonyl (C=O) groups excluding carboxylic acids is 1. The summed E-state index contributed by atoms with van der Waals surface area (Å²) in [4.78, 5) is 28.6. The molecule has 1 amide bonds. The molecule has 0 aliphatic rings. The van der Waals surface area contributed by atoms with E-state index in [1.54, 1.807) is 18.9 Å². The lowest BCUT2D eigenvalue weighted by Gasteiger charge is -2.26. The summed E-state index contributed by atoms with van der Waals surface area (Å²) >= 11 is 0. The maximum absolute atomic E-state index is 12.3. The Hall–Kier alpha value is -1.62. The number of pyridine rings is 1. The molecule has 5 heteroatoms. The predicted molar refractivity (Wildman–Crippen MR) is 69.8 cm³/mol. The Labute approximate surface area is 107 Å². The van der Waals surface area contributed by atoms with E-state index in [1.807, 2.05) is 13.8 Å². The highest BCUT2D eigenvalue weighted by molar-refractivity contribution is 5.94. The van der Waals surface area contributed by atoms with E-state index in [2.05, 4.69) is 4.98 Å². The lowest BCUT2D eigenvalue weighted by Crippen LogP contribution is -2.41. The molecule has 0 atom stereocenters. The molecule has 18 heavy (non-hydrogen) atoms. The lowest BCUT2D eigenvalue weighted by atomic mass is 10.2. The molecular weight excluding hydrogens is 232 g/mol. The fourth-order valence-corrected chi connectivity index (χ4v) is 1.68. The third kappa shape index (κ3) is 3.43. The second-order valence-corrected chi connectivity index (χ2v) is 4.48. The van der Waals surface area contributed by atoms with Gasteiger partial charge in [-0.3, -0.25) is 9.59 Å². The number of H-pyrrole nitrogens is 1. The molecule has 0 aromatic carbocycles. The number of methoxy groups -OCH3 is 1. The summed E-state index contributed by atoms with van der Waals surface area (Å²) in [5.41, 5.74) is 0.661. The highest BCUT2D eigenvalue weighted by Crippen LogP contribution is 2.05. The third-order valence-corrected chi connectivity index (χ3v) is 2.71. The lowest BCUT2D eigenvalue weighted by molar-refractivity contribution is 0.0633. The van der Waals surface area contributed by atoms with Gasteiger partial charge in [0.1, 0.15) is 5.56 Å². The zero-order chi connectivity index (χ0) is 13.7. The summed E-state index contributed by atoms with van der Waals surface area (Å²) in [6.07, 6.45) is 1.47. The molecule has 1 heterocycles. The van der Waals surface area contributed by atoms with Gasteiger partial charge in [0.15, 0.2) is 5.43 Å². The first-order valence-corrected chi connectivity index (χ1v) is 5.96. The molecule has 1 rings (SSSR count). The minimum atomic E-state index is -0.261. The van der Waals surface area contributed by atoms with Crippen LogP contribution in [-0.4, -0.2) is 42.1 Å². The SMILES string of the molecule is COCCN(C(=O)c1c[nH]c(C)cc1=O)C(C)C. The highest BCUT2D eigenvalue weighted by Gasteiger charge is 2.20. The van der Waals surface area contributed by atoms with Crippen molar-refractivity contribution in [2.24, 2.45) is 0 Å². The number of aryl methyl sites for hydroxylation is 1. The summed E-state index contributed by atoms with van der Waals surface area (Å²) in [6.45, 7) is 6.53. The van der Waals surface area contributed by atoms with Crippen LogP contribution in [0.15, 0.2) is 17.1 Å². The van der Waals surface area contributed by atoms with Crippen LogP contribution >= 0.6 is 0 Å². The first kappa shape index (κ1) is 14.4. The van der Waals surface area contributed by atoms with E-state index in [0.29, 0.717) is 13.2 Å². The van der Waals surface area contributed by atoms with Crippen molar-refractivity contribution in [1.82, 2.24) is 9.88 Å². The van der Waals surface area contributed by atoms with Gasteiger partial charge in [-0.2, -0.15) is 0 Å². The minimum absolute atomic E-state index is 0.0216. The van der Waals surface area contributed by atoms with Crippen LogP contribution < -0.4 is 5.43 Å². The predicted octanol–water partition coefficient (Wildman–Crippen LogP) is 1.18. The average molecular weight is 252 g/mol. The Morgan fingerprint density at radius 2 is 2.17 bits per heavy atom. The number of nitrogens with one attached hydrogen (secondary N) is 1. The van der Waals surface area contributed by atoms with Crippen LogP contribution in [0.3, 0.4) is 0 Å². The molecule has 5 nitrogen and oxygen atoms in total. The van der Waals surface area contributed by atoms with Crippen molar-refractivity contribution < 1.29 is 9.53 Å². The number of ether oxygens (including phenoxy) is 1. The van der Waals surface area contributed by atoms with Crippen LogP contribution in [0.5, 0.6) is 0 Å². The molecule has 0 unspecified atom stereocenters. The molecule has 1 aromatic heterocycles. The topological polar surface area (TPSA) is 62.4 Å². The summed E-state index contributed by atoms with van der Waals surface area (Å²) in [5.74, 6) is -0.261. The first-order valence-electron chi connectivity index (χ1n) is 5.96. The van der Waals surface area contributed by atoms with Gasteiger partial charge >= 0.3 is 0 Å². The second kappa shape index (κ2) is 6.35. The Morgan fingerprint density at radius 1 is 1.50 bits per heavy atom. The number of carbonyl (C=O) groups is 1. The summed E-state index contributed by atoms with van der Waals surface area (Å²) in [5, 5.41) is 0. The fraction of sp³-hybridized carbons (Fsp3) is 0.538. The van der Waals surface area contributed by atoms with Gasteiger partial charge in [-0.15, -0.1) is 0 Å². The maximum Gasteiger partial charge on any atom is 0.259 e. The molecular formula is C13H20N2O3. The van der Waals surface area contributed by atoms with Gasteiger partial charge in [-0.05, 0) is 20.8 Å². The molecule has 0 spiro atoms. The Kier molecular flexibility index (Phi) is 5.09. The normalized spacial score (nSPS) is 10.7. The number of rotatable bonds is 5. The zero-order valence-corrected chi connectivity index (χ0v) is 11.3. The summed E-state index contributed by atoms with van der Waals surface area (Å²) in [6, 6.07) is 1.45. The van der Waals surface area contributed by atoms with Gasteiger partial charge in [-0.1, -0.05) is 0 Å². The van der Waals surface area contributed by atoms with Crippen molar-refractivity contribution >= 4 is 5.91 Å². The molecule has 0 aliphatic carbocycles. The third-order valence-electron chi connectivity index (χ3n) is 2.71. The largest absolute Gasteiger partial charge is 0.383 e. The Balaban J connectivity index is 2.98. The van der Waals surface area contributed by atoms with Crippen molar-refractivity contribution in [2.75, 3.05) is 20.3 Å².